The van der Waals surface area contributed by atoms with Gasteiger partial charge in [-0.05, 0) is 29.8 Å². The van der Waals surface area contributed by atoms with Gasteiger partial charge < -0.3 is 14.8 Å². The van der Waals surface area contributed by atoms with Gasteiger partial charge in [-0.25, -0.2) is 4.98 Å². The van der Waals surface area contributed by atoms with Crippen molar-refractivity contribution in [1.29, 1.82) is 0 Å². The minimum Gasteiger partial charge on any atom is -0.497 e. The third-order valence-electron chi connectivity index (χ3n) is 2.90. The minimum atomic E-state index is 0.483. The summed E-state index contributed by atoms with van der Waals surface area (Å²) in [6.45, 7) is 4.35. The van der Waals surface area contributed by atoms with Crippen LogP contribution in [-0.2, 0) is 13.2 Å². The average Bonchev–Trinajstić information content (AvgIpc) is 2.52. The van der Waals surface area contributed by atoms with Crippen LogP contribution in [0.1, 0.15) is 18.1 Å². The van der Waals surface area contributed by atoms with Crippen LogP contribution >= 0.6 is 0 Å². The number of benzene rings is 1. The largest absolute Gasteiger partial charge is 0.497 e. The molecule has 2 aromatic rings. The molecule has 4 nitrogen and oxygen atoms in total. The summed E-state index contributed by atoms with van der Waals surface area (Å²) in [4.78, 5) is 4.30. The molecule has 0 aliphatic heterocycles. The fourth-order valence-electron chi connectivity index (χ4n) is 1.79. The molecule has 4 heteroatoms. The second-order valence-electron chi connectivity index (χ2n) is 4.43. The average molecular weight is 272 g/mol. The van der Waals surface area contributed by atoms with Crippen LogP contribution in [0.15, 0.2) is 42.6 Å². The second kappa shape index (κ2) is 7.50. The van der Waals surface area contributed by atoms with Crippen molar-refractivity contribution < 1.29 is 9.47 Å². The van der Waals surface area contributed by atoms with Crippen LogP contribution in [-0.4, -0.2) is 18.6 Å². The maximum Gasteiger partial charge on any atom is 0.213 e. The standard InChI is InChI=1S/C16H20N2O2/c1-3-17-10-14-7-8-16(18-11-14)20-12-13-5-4-6-15(9-13)19-2/h4-9,11,17H,3,10,12H2,1-2H3. The molecule has 1 heterocycles. The number of hydrogen-bond donors (Lipinski definition) is 1. The van der Waals surface area contributed by atoms with Crippen molar-refractivity contribution in [3.05, 3.63) is 53.7 Å². The number of aromatic nitrogens is 1. The molecule has 0 bridgehead atoms. The molecule has 0 aliphatic rings. The molecule has 0 fully saturated rings. The van der Waals surface area contributed by atoms with Gasteiger partial charge >= 0.3 is 0 Å². The second-order valence-corrected chi connectivity index (χ2v) is 4.43. The summed E-state index contributed by atoms with van der Waals surface area (Å²) in [6.07, 6.45) is 1.84. The molecule has 106 valence electrons. The Hall–Kier alpha value is -2.07. The molecule has 1 N–H and O–H groups in total. The van der Waals surface area contributed by atoms with Crippen LogP contribution in [0.4, 0.5) is 0 Å². The number of rotatable bonds is 7. The summed E-state index contributed by atoms with van der Waals surface area (Å²) in [5.41, 5.74) is 2.21. The van der Waals surface area contributed by atoms with E-state index in [0.29, 0.717) is 12.5 Å². The highest BCUT2D eigenvalue weighted by Crippen LogP contribution is 2.15. The third kappa shape index (κ3) is 4.24. The quantitative estimate of drug-likeness (QED) is 0.841. The molecular weight excluding hydrogens is 252 g/mol. The molecule has 0 saturated heterocycles. The highest BCUT2D eigenvalue weighted by Gasteiger charge is 2.00. The fourth-order valence-corrected chi connectivity index (χ4v) is 1.79. The molecule has 20 heavy (non-hydrogen) atoms. The van der Waals surface area contributed by atoms with Crippen molar-refractivity contribution in [3.8, 4) is 11.6 Å². The molecule has 2 rings (SSSR count). The van der Waals surface area contributed by atoms with Crippen molar-refractivity contribution >= 4 is 0 Å². The monoisotopic (exact) mass is 272 g/mol. The Kier molecular flexibility index (Phi) is 5.38. The number of methoxy groups -OCH3 is 1. The predicted octanol–water partition coefficient (Wildman–Crippen LogP) is 2.78. The van der Waals surface area contributed by atoms with Crippen molar-refractivity contribution in [3.63, 3.8) is 0 Å². The first-order valence-electron chi connectivity index (χ1n) is 6.73. The highest BCUT2D eigenvalue weighted by molar-refractivity contribution is 5.28. The van der Waals surface area contributed by atoms with E-state index in [2.05, 4.69) is 17.2 Å². The Bertz CT molecular complexity index is 526. The van der Waals surface area contributed by atoms with E-state index in [1.807, 2.05) is 42.6 Å². The summed E-state index contributed by atoms with van der Waals surface area (Å²) in [5, 5.41) is 3.26. The molecular formula is C16H20N2O2. The van der Waals surface area contributed by atoms with Crippen LogP contribution in [0, 0.1) is 0 Å². The van der Waals surface area contributed by atoms with Crippen LogP contribution < -0.4 is 14.8 Å². The Morgan fingerprint density at radius 3 is 2.75 bits per heavy atom. The molecule has 0 spiro atoms. The Labute approximate surface area is 119 Å². The van der Waals surface area contributed by atoms with E-state index in [0.717, 1.165) is 30.0 Å². The normalized spacial score (nSPS) is 10.3. The van der Waals surface area contributed by atoms with E-state index >= 15 is 0 Å². The van der Waals surface area contributed by atoms with Gasteiger partial charge in [0.25, 0.3) is 0 Å². The lowest BCUT2D eigenvalue weighted by Crippen LogP contribution is -2.11. The smallest absolute Gasteiger partial charge is 0.213 e. The lowest BCUT2D eigenvalue weighted by Gasteiger charge is -2.07. The van der Waals surface area contributed by atoms with E-state index in [1.165, 1.54) is 0 Å². The molecule has 0 unspecified atom stereocenters. The summed E-state index contributed by atoms with van der Waals surface area (Å²) in [5.74, 6) is 1.47. The zero-order valence-electron chi connectivity index (χ0n) is 11.9. The van der Waals surface area contributed by atoms with E-state index in [4.69, 9.17) is 9.47 Å². The zero-order valence-corrected chi connectivity index (χ0v) is 11.9. The number of hydrogen-bond acceptors (Lipinski definition) is 4. The molecule has 0 atom stereocenters. The number of nitrogens with zero attached hydrogens (tertiary/aromatic N) is 1. The maximum absolute atomic E-state index is 5.66. The van der Waals surface area contributed by atoms with Crippen molar-refractivity contribution in [2.75, 3.05) is 13.7 Å². The zero-order chi connectivity index (χ0) is 14.2. The van der Waals surface area contributed by atoms with Gasteiger partial charge in [-0.2, -0.15) is 0 Å². The number of nitrogens with one attached hydrogen (secondary N) is 1. The summed E-state index contributed by atoms with van der Waals surface area (Å²) in [6, 6.07) is 11.7. The van der Waals surface area contributed by atoms with Crippen molar-refractivity contribution in [1.82, 2.24) is 10.3 Å². The Balaban J connectivity index is 1.89. The number of pyridine rings is 1. The fraction of sp³-hybridized carbons (Fsp3) is 0.312. The predicted molar refractivity (Wildman–Crippen MR) is 78.9 cm³/mol. The number of ether oxygens (including phenoxy) is 2. The van der Waals surface area contributed by atoms with Gasteiger partial charge in [-0.3, -0.25) is 0 Å². The van der Waals surface area contributed by atoms with E-state index in [9.17, 15) is 0 Å². The first-order valence-corrected chi connectivity index (χ1v) is 6.73. The first-order chi connectivity index (χ1) is 9.81. The van der Waals surface area contributed by atoms with Gasteiger partial charge in [0.15, 0.2) is 0 Å². The van der Waals surface area contributed by atoms with Crippen LogP contribution in [0.5, 0.6) is 11.6 Å². The Morgan fingerprint density at radius 1 is 1.15 bits per heavy atom. The topological polar surface area (TPSA) is 43.4 Å². The van der Waals surface area contributed by atoms with E-state index < -0.39 is 0 Å². The van der Waals surface area contributed by atoms with E-state index in [1.54, 1.807) is 7.11 Å². The van der Waals surface area contributed by atoms with Gasteiger partial charge in [0.05, 0.1) is 7.11 Å². The van der Waals surface area contributed by atoms with Gasteiger partial charge in [0, 0.05) is 18.8 Å². The van der Waals surface area contributed by atoms with E-state index in [-0.39, 0.29) is 0 Å². The van der Waals surface area contributed by atoms with Crippen molar-refractivity contribution in [2.45, 2.75) is 20.1 Å². The molecule has 0 amide bonds. The Morgan fingerprint density at radius 2 is 2.05 bits per heavy atom. The molecule has 0 radical (unpaired) electrons. The lowest BCUT2D eigenvalue weighted by molar-refractivity contribution is 0.293. The van der Waals surface area contributed by atoms with Crippen LogP contribution in [0.25, 0.3) is 0 Å². The lowest BCUT2D eigenvalue weighted by atomic mass is 10.2. The maximum atomic E-state index is 5.66. The summed E-state index contributed by atoms with van der Waals surface area (Å²) in [7, 11) is 1.66. The van der Waals surface area contributed by atoms with Gasteiger partial charge in [0.1, 0.15) is 12.4 Å². The van der Waals surface area contributed by atoms with Gasteiger partial charge in [0.2, 0.25) is 5.88 Å². The molecule has 0 saturated carbocycles. The molecule has 1 aromatic carbocycles. The molecule has 0 aliphatic carbocycles. The van der Waals surface area contributed by atoms with Crippen molar-refractivity contribution in [2.24, 2.45) is 0 Å². The minimum absolute atomic E-state index is 0.483. The molecule has 1 aromatic heterocycles. The summed E-state index contributed by atoms with van der Waals surface area (Å²) < 4.78 is 10.8. The third-order valence-corrected chi connectivity index (χ3v) is 2.90. The van der Waals surface area contributed by atoms with Gasteiger partial charge in [-0.1, -0.05) is 25.1 Å². The summed E-state index contributed by atoms with van der Waals surface area (Å²) >= 11 is 0. The first kappa shape index (κ1) is 14.3. The van der Waals surface area contributed by atoms with Crippen LogP contribution in [0.2, 0.25) is 0 Å². The highest BCUT2D eigenvalue weighted by atomic mass is 16.5. The SMILES string of the molecule is CCNCc1ccc(OCc2cccc(OC)c2)nc1. The van der Waals surface area contributed by atoms with Crippen LogP contribution in [0.3, 0.4) is 0 Å². The van der Waals surface area contributed by atoms with Gasteiger partial charge in [-0.15, -0.1) is 0 Å².